The minimum Gasteiger partial charge on any atom is -0.355 e. The first-order chi connectivity index (χ1) is 11.5. The Kier molecular flexibility index (Phi) is 5.23. The molecule has 0 aliphatic heterocycles. The molecule has 0 spiro atoms. The lowest BCUT2D eigenvalue weighted by Gasteiger charge is -2.08. The highest BCUT2D eigenvalue weighted by atomic mass is 32.2. The summed E-state index contributed by atoms with van der Waals surface area (Å²) in [6.45, 7) is 7.49. The standard InChI is InChI=1S/C16H24N6OS/c1-11-9-12(2)21(20-11)8-4-7-17-15(23)10-24-16-19-18-13(3)22(16)14-5-6-14/h9,14H,4-8,10H2,1-3H3,(H,17,23). The van der Waals surface area contributed by atoms with Gasteiger partial charge in [0.15, 0.2) is 5.16 Å². The van der Waals surface area contributed by atoms with E-state index in [1.165, 1.54) is 24.6 Å². The third-order valence-electron chi connectivity index (χ3n) is 4.05. The van der Waals surface area contributed by atoms with Gasteiger partial charge in [-0.3, -0.25) is 9.48 Å². The van der Waals surface area contributed by atoms with Gasteiger partial charge in [-0.2, -0.15) is 5.10 Å². The van der Waals surface area contributed by atoms with Crippen molar-refractivity contribution in [2.24, 2.45) is 0 Å². The number of rotatable bonds is 8. The number of aromatic nitrogens is 5. The van der Waals surface area contributed by atoms with E-state index in [2.05, 4.69) is 31.2 Å². The van der Waals surface area contributed by atoms with Gasteiger partial charge < -0.3 is 9.88 Å². The smallest absolute Gasteiger partial charge is 0.230 e. The molecule has 0 aromatic carbocycles. The number of thioether (sulfide) groups is 1. The van der Waals surface area contributed by atoms with Crippen LogP contribution >= 0.6 is 11.8 Å². The van der Waals surface area contributed by atoms with Crippen molar-refractivity contribution in [2.75, 3.05) is 12.3 Å². The van der Waals surface area contributed by atoms with E-state index in [0.29, 0.717) is 18.3 Å². The van der Waals surface area contributed by atoms with Gasteiger partial charge in [-0.25, -0.2) is 0 Å². The molecule has 24 heavy (non-hydrogen) atoms. The van der Waals surface area contributed by atoms with E-state index in [1.807, 2.05) is 25.5 Å². The number of carbonyl (C=O) groups is 1. The van der Waals surface area contributed by atoms with Crippen molar-refractivity contribution < 1.29 is 4.79 Å². The summed E-state index contributed by atoms with van der Waals surface area (Å²) in [5.41, 5.74) is 2.19. The number of hydrogen-bond acceptors (Lipinski definition) is 5. The fourth-order valence-electron chi connectivity index (χ4n) is 2.74. The van der Waals surface area contributed by atoms with Gasteiger partial charge in [-0.15, -0.1) is 10.2 Å². The van der Waals surface area contributed by atoms with Gasteiger partial charge in [0.25, 0.3) is 0 Å². The van der Waals surface area contributed by atoms with Crippen LogP contribution in [0.5, 0.6) is 0 Å². The lowest BCUT2D eigenvalue weighted by molar-refractivity contribution is -0.118. The Morgan fingerprint density at radius 2 is 2.12 bits per heavy atom. The van der Waals surface area contributed by atoms with Crippen LogP contribution in [-0.4, -0.2) is 42.7 Å². The molecule has 1 aliphatic rings. The van der Waals surface area contributed by atoms with Crippen molar-refractivity contribution in [3.05, 3.63) is 23.3 Å². The average Bonchev–Trinajstić information content (AvgIpc) is 3.23. The van der Waals surface area contributed by atoms with Gasteiger partial charge >= 0.3 is 0 Å². The first-order valence-electron chi connectivity index (χ1n) is 8.36. The molecule has 1 fully saturated rings. The van der Waals surface area contributed by atoms with Crippen LogP contribution in [0.15, 0.2) is 11.2 Å². The number of amides is 1. The molecule has 1 saturated carbocycles. The summed E-state index contributed by atoms with van der Waals surface area (Å²) in [4.78, 5) is 12.0. The molecule has 2 aromatic rings. The Morgan fingerprint density at radius 1 is 1.33 bits per heavy atom. The third-order valence-corrected chi connectivity index (χ3v) is 4.99. The van der Waals surface area contributed by atoms with Gasteiger partial charge in [-0.05, 0) is 46.1 Å². The Balaban J connectivity index is 1.38. The molecular weight excluding hydrogens is 324 g/mol. The second-order valence-electron chi connectivity index (χ2n) is 6.27. The van der Waals surface area contributed by atoms with E-state index in [4.69, 9.17) is 0 Å². The molecule has 0 unspecified atom stereocenters. The van der Waals surface area contributed by atoms with Gasteiger partial charge in [0, 0.05) is 24.8 Å². The molecule has 0 saturated heterocycles. The van der Waals surface area contributed by atoms with Crippen molar-refractivity contribution in [3.8, 4) is 0 Å². The van der Waals surface area contributed by atoms with E-state index >= 15 is 0 Å². The van der Waals surface area contributed by atoms with Crippen molar-refractivity contribution in [2.45, 2.75) is 57.8 Å². The third kappa shape index (κ3) is 4.17. The van der Waals surface area contributed by atoms with Crippen molar-refractivity contribution in [1.82, 2.24) is 29.9 Å². The molecule has 130 valence electrons. The van der Waals surface area contributed by atoms with Crippen LogP contribution in [0.4, 0.5) is 0 Å². The number of hydrogen-bond donors (Lipinski definition) is 1. The Morgan fingerprint density at radius 3 is 2.79 bits per heavy atom. The molecule has 1 amide bonds. The zero-order valence-electron chi connectivity index (χ0n) is 14.4. The summed E-state index contributed by atoms with van der Waals surface area (Å²) < 4.78 is 4.14. The molecule has 1 N–H and O–H groups in total. The fraction of sp³-hybridized carbons (Fsp3) is 0.625. The first-order valence-corrected chi connectivity index (χ1v) is 9.35. The predicted molar refractivity (Wildman–Crippen MR) is 93.1 cm³/mol. The Hall–Kier alpha value is -1.83. The minimum absolute atomic E-state index is 0.0383. The SMILES string of the molecule is Cc1cc(C)n(CCCNC(=O)CSc2nnc(C)n2C2CC2)n1. The molecule has 0 bridgehead atoms. The number of carbonyl (C=O) groups excluding carboxylic acids is 1. The normalized spacial score (nSPS) is 14.1. The van der Waals surface area contributed by atoms with Gasteiger partial charge in [0.2, 0.25) is 5.91 Å². The van der Waals surface area contributed by atoms with Crippen LogP contribution in [-0.2, 0) is 11.3 Å². The largest absolute Gasteiger partial charge is 0.355 e. The monoisotopic (exact) mass is 348 g/mol. The first kappa shape index (κ1) is 17.0. The van der Waals surface area contributed by atoms with Crippen LogP contribution in [0.1, 0.15) is 42.5 Å². The molecule has 0 radical (unpaired) electrons. The summed E-state index contributed by atoms with van der Waals surface area (Å²) in [5.74, 6) is 1.35. The van der Waals surface area contributed by atoms with Crippen LogP contribution in [0.25, 0.3) is 0 Å². The maximum Gasteiger partial charge on any atom is 0.230 e. The highest BCUT2D eigenvalue weighted by Gasteiger charge is 2.28. The molecule has 1 aliphatic carbocycles. The number of nitrogens with one attached hydrogen (secondary N) is 1. The zero-order chi connectivity index (χ0) is 17.1. The molecular formula is C16H24N6OS. The predicted octanol–water partition coefficient (Wildman–Crippen LogP) is 2.03. The van der Waals surface area contributed by atoms with E-state index < -0.39 is 0 Å². The highest BCUT2D eigenvalue weighted by Crippen LogP contribution is 2.38. The van der Waals surface area contributed by atoms with Crippen molar-refractivity contribution >= 4 is 17.7 Å². The van der Waals surface area contributed by atoms with E-state index in [1.54, 1.807) is 0 Å². The van der Waals surface area contributed by atoms with E-state index in [-0.39, 0.29) is 5.91 Å². The molecule has 2 aromatic heterocycles. The number of nitrogens with zero attached hydrogens (tertiary/aromatic N) is 5. The summed E-state index contributed by atoms with van der Waals surface area (Å²) in [7, 11) is 0. The minimum atomic E-state index is 0.0383. The highest BCUT2D eigenvalue weighted by molar-refractivity contribution is 7.99. The maximum absolute atomic E-state index is 12.0. The van der Waals surface area contributed by atoms with Gasteiger partial charge in [0.1, 0.15) is 5.82 Å². The molecule has 0 atom stereocenters. The van der Waals surface area contributed by atoms with Crippen LogP contribution in [0.3, 0.4) is 0 Å². The Bertz CT molecular complexity index is 718. The lowest BCUT2D eigenvalue weighted by atomic mass is 10.4. The lowest BCUT2D eigenvalue weighted by Crippen LogP contribution is -2.27. The topological polar surface area (TPSA) is 77.6 Å². The van der Waals surface area contributed by atoms with E-state index in [0.717, 1.165) is 35.3 Å². The van der Waals surface area contributed by atoms with Crippen LogP contribution < -0.4 is 5.32 Å². The molecule has 8 heteroatoms. The maximum atomic E-state index is 12.0. The number of aryl methyl sites for hydroxylation is 4. The summed E-state index contributed by atoms with van der Waals surface area (Å²) in [6.07, 6.45) is 3.24. The summed E-state index contributed by atoms with van der Waals surface area (Å²) in [6, 6.07) is 2.60. The average molecular weight is 348 g/mol. The zero-order valence-corrected chi connectivity index (χ0v) is 15.3. The van der Waals surface area contributed by atoms with E-state index in [9.17, 15) is 4.79 Å². The van der Waals surface area contributed by atoms with Gasteiger partial charge in [0.05, 0.1) is 11.4 Å². The van der Waals surface area contributed by atoms with Crippen molar-refractivity contribution in [3.63, 3.8) is 0 Å². The van der Waals surface area contributed by atoms with Crippen LogP contribution in [0.2, 0.25) is 0 Å². The van der Waals surface area contributed by atoms with Gasteiger partial charge in [-0.1, -0.05) is 11.8 Å². The summed E-state index contributed by atoms with van der Waals surface area (Å²) >= 11 is 1.46. The van der Waals surface area contributed by atoms with Crippen LogP contribution in [0, 0.1) is 20.8 Å². The second kappa shape index (κ2) is 7.38. The summed E-state index contributed by atoms with van der Waals surface area (Å²) in [5, 5.41) is 16.5. The molecule has 7 nitrogen and oxygen atoms in total. The molecule has 2 heterocycles. The molecule has 3 rings (SSSR count). The Labute approximate surface area is 146 Å². The fourth-order valence-corrected chi connectivity index (χ4v) is 3.62. The second-order valence-corrected chi connectivity index (χ2v) is 7.22. The van der Waals surface area contributed by atoms with Crippen molar-refractivity contribution in [1.29, 1.82) is 0 Å². The quantitative estimate of drug-likeness (QED) is 0.583.